The Bertz CT molecular complexity index is 1250. The fourth-order valence-corrected chi connectivity index (χ4v) is 5.65. The van der Waals surface area contributed by atoms with E-state index in [2.05, 4.69) is 32.5 Å². The quantitative estimate of drug-likeness (QED) is 0.164. The Balaban J connectivity index is 1.42. The first-order chi connectivity index (χ1) is 17.9. The molecule has 0 bridgehead atoms. The maximum Gasteiger partial charge on any atom is 0.191 e. The monoisotopic (exact) mass is 536 g/mol. The minimum Gasteiger partial charge on any atom is -0.394 e. The summed E-state index contributed by atoms with van der Waals surface area (Å²) in [5, 5.41) is 42.7. The van der Waals surface area contributed by atoms with Crippen LogP contribution < -0.4 is 5.32 Å². The van der Waals surface area contributed by atoms with E-state index >= 15 is 0 Å². The lowest BCUT2D eigenvalue weighted by Gasteiger charge is -2.17. The molecule has 10 nitrogen and oxygen atoms in total. The highest BCUT2D eigenvalue weighted by Gasteiger charge is 2.45. The third-order valence-electron chi connectivity index (χ3n) is 6.85. The molecule has 6 atom stereocenters. The van der Waals surface area contributed by atoms with Crippen LogP contribution in [0.5, 0.6) is 0 Å². The summed E-state index contributed by atoms with van der Waals surface area (Å²) in [4.78, 5) is 9.34. The Morgan fingerprint density at radius 3 is 2.76 bits per heavy atom. The number of anilines is 1. The first-order valence-electron chi connectivity index (χ1n) is 12.5. The van der Waals surface area contributed by atoms with Gasteiger partial charge in [-0.3, -0.25) is 0 Å². The molecule has 0 amide bonds. The summed E-state index contributed by atoms with van der Waals surface area (Å²) in [6, 6.07) is 3.27. The molecule has 0 saturated heterocycles. The van der Waals surface area contributed by atoms with Crippen LogP contribution >= 0.6 is 11.8 Å². The van der Waals surface area contributed by atoms with Gasteiger partial charge in [-0.25, -0.2) is 23.4 Å². The number of ether oxygens (including phenoxy) is 1. The number of rotatable bonds is 11. The second-order valence-corrected chi connectivity index (χ2v) is 10.5. The first-order valence-corrected chi connectivity index (χ1v) is 13.5. The first kappa shape index (κ1) is 26.2. The van der Waals surface area contributed by atoms with Crippen LogP contribution in [0, 0.1) is 11.6 Å². The summed E-state index contributed by atoms with van der Waals surface area (Å²) in [5.41, 5.74) is 1.54. The minimum absolute atomic E-state index is 0.00240. The van der Waals surface area contributed by atoms with Crippen molar-refractivity contribution in [2.45, 2.75) is 74.1 Å². The smallest absolute Gasteiger partial charge is 0.191 e. The maximum atomic E-state index is 13.7. The predicted octanol–water partition coefficient (Wildman–Crippen LogP) is 2.40. The van der Waals surface area contributed by atoms with Gasteiger partial charge in [-0.15, -0.1) is 5.10 Å². The van der Waals surface area contributed by atoms with Crippen LogP contribution in [-0.2, 0) is 4.74 Å². The molecule has 4 N–H and O–H groups in total. The molecular weight excluding hydrogens is 506 g/mol. The summed E-state index contributed by atoms with van der Waals surface area (Å²) >= 11 is 1.50. The fraction of sp³-hybridized carbons (Fsp3) is 0.583. The summed E-state index contributed by atoms with van der Waals surface area (Å²) < 4.78 is 34.1. The maximum absolute atomic E-state index is 13.7. The lowest BCUT2D eigenvalue weighted by Crippen LogP contribution is -2.33. The number of unbranched alkanes of at least 4 members (excludes halogenated alkanes) is 1. The average Bonchev–Trinajstić information content (AvgIpc) is 3.43. The Hall–Kier alpha value is -2.45. The van der Waals surface area contributed by atoms with Crippen LogP contribution in [0.2, 0.25) is 0 Å². The average molecular weight is 537 g/mol. The van der Waals surface area contributed by atoms with Crippen LogP contribution in [0.15, 0.2) is 23.4 Å². The van der Waals surface area contributed by atoms with E-state index < -0.39 is 36.0 Å². The molecule has 1 aromatic carbocycles. The minimum atomic E-state index is -1.16. The van der Waals surface area contributed by atoms with E-state index in [1.165, 1.54) is 22.5 Å². The number of aromatic nitrogens is 5. The molecule has 2 aliphatic rings. The summed E-state index contributed by atoms with van der Waals surface area (Å²) in [6.07, 6.45) is 0.0542. The number of halogens is 2. The van der Waals surface area contributed by atoms with E-state index in [4.69, 9.17) is 9.84 Å². The molecule has 5 rings (SSSR count). The van der Waals surface area contributed by atoms with Gasteiger partial charge in [-0.05, 0) is 30.5 Å². The van der Waals surface area contributed by atoms with Crippen molar-refractivity contribution in [2.24, 2.45) is 0 Å². The van der Waals surface area contributed by atoms with Crippen LogP contribution in [0.1, 0.15) is 50.1 Å². The standard InChI is InChI=1S/C24H30F2N6O4S/c1-2-3-8-37-24-28-22(27-16-10-13(16)12-4-5-14(25)15(26)9-12)19-23(29-24)32(31-30-19)17-11-18(36-7-6-33)21(35)20(17)34/h4-5,9,13,16-18,20-21,33-35H,2-3,6-8,10-11H2,1H3,(H,27,28,29)/t13-,16+,17+,18-,20-,21+/m0/s1. The molecule has 2 aliphatic carbocycles. The second-order valence-electron chi connectivity index (χ2n) is 9.45. The van der Waals surface area contributed by atoms with Gasteiger partial charge in [0.05, 0.1) is 25.4 Å². The molecule has 37 heavy (non-hydrogen) atoms. The highest BCUT2D eigenvalue weighted by atomic mass is 32.2. The van der Waals surface area contributed by atoms with E-state index in [1.807, 2.05) is 0 Å². The van der Waals surface area contributed by atoms with Gasteiger partial charge in [0.25, 0.3) is 0 Å². The normalized spacial score (nSPS) is 27.2. The molecule has 0 aliphatic heterocycles. The van der Waals surface area contributed by atoms with E-state index in [0.29, 0.717) is 27.7 Å². The van der Waals surface area contributed by atoms with Crippen LogP contribution in [-0.4, -0.2) is 83.6 Å². The van der Waals surface area contributed by atoms with Crippen molar-refractivity contribution in [3.05, 3.63) is 35.4 Å². The molecular formula is C24H30F2N6O4S. The second kappa shape index (κ2) is 11.1. The molecule has 2 saturated carbocycles. The van der Waals surface area contributed by atoms with Crippen LogP contribution in [0.4, 0.5) is 14.6 Å². The summed E-state index contributed by atoms with van der Waals surface area (Å²) in [7, 11) is 0. The van der Waals surface area contributed by atoms with Gasteiger partial charge < -0.3 is 25.4 Å². The summed E-state index contributed by atoms with van der Waals surface area (Å²) in [5.74, 6) is -0.441. The third-order valence-corrected chi connectivity index (χ3v) is 7.79. The van der Waals surface area contributed by atoms with Crippen LogP contribution in [0.3, 0.4) is 0 Å². The van der Waals surface area contributed by atoms with E-state index in [9.17, 15) is 19.0 Å². The van der Waals surface area contributed by atoms with Crippen molar-refractivity contribution < 1.29 is 28.8 Å². The molecule has 3 aromatic rings. The topological polar surface area (TPSA) is 138 Å². The lowest BCUT2D eigenvalue weighted by molar-refractivity contribution is -0.0629. The zero-order chi connectivity index (χ0) is 26.1. The van der Waals surface area contributed by atoms with Crippen molar-refractivity contribution in [3.63, 3.8) is 0 Å². The van der Waals surface area contributed by atoms with Gasteiger partial charge in [-0.1, -0.05) is 36.4 Å². The SMILES string of the molecule is CCCCSc1nc(N[C@@H]2C[C@H]2c2ccc(F)c(F)c2)c2nnn([C@@H]3C[C@H](OCCO)[C@@H](O)[C@H]3O)c2n1. The van der Waals surface area contributed by atoms with Gasteiger partial charge in [0.15, 0.2) is 33.8 Å². The van der Waals surface area contributed by atoms with Gasteiger partial charge in [0.1, 0.15) is 12.2 Å². The zero-order valence-electron chi connectivity index (χ0n) is 20.3. The third kappa shape index (κ3) is 5.41. The lowest BCUT2D eigenvalue weighted by atomic mass is 10.1. The number of nitrogens with one attached hydrogen (secondary N) is 1. The molecule has 2 heterocycles. The van der Waals surface area contributed by atoms with Crippen molar-refractivity contribution >= 4 is 28.7 Å². The van der Waals surface area contributed by atoms with Gasteiger partial charge in [0, 0.05) is 24.1 Å². The van der Waals surface area contributed by atoms with Crippen LogP contribution in [0.25, 0.3) is 11.2 Å². The zero-order valence-corrected chi connectivity index (χ0v) is 21.1. The molecule has 2 fully saturated rings. The molecule has 200 valence electrons. The largest absolute Gasteiger partial charge is 0.394 e. The van der Waals surface area contributed by atoms with Crippen molar-refractivity contribution in [1.29, 1.82) is 0 Å². The number of aliphatic hydroxyl groups is 3. The van der Waals surface area contributed by atoms with E-state index in [1.54, 1.807) is 6.07 Å². The number of hydrogen-bond acceptors (Lipinski definition) is 10. The molecule has 13 heteroatoms. The molecule has 0 radical (unpaired) electrons. The Morgan fingerprint density at radius 2 is 2.00 bits per heavy atom. The van der Waals surface area contributed by atoms with Crippen molar-refractivity contribution in [1.82, 2.24) is 25.0 Å². The van der Waals surface area contributed by atoms with E-state index in [0.717, 1.165) is 31.1 Å². The van der Waals surface area contributed by atoms with Gasteiger partial charge >= 0.3 is 0 Å². The number of fused-ring (bicyclic) bond motifs is 1. The number of nitrogens with zero attached hydrogens (tertiary/aromatic N) is 5. The molecule has 2 aromatic heterocycles. The number of hydrogen-bond donors (Lipinski definition) is 4. The fourth-order valence-electron chi connectivity index (χ4n) is 4.73. The highest BCUT2D eigenvalue weighted by Crippen LogP contribution is 2.44. The Morgan fingerprint density at radius 1 is 1.16 bits per heavy atom. The predicted molar refractivity (Wildman–Crippen MR) is 132 cm³/mol. The number of aliphatic hydroxyl groups excluding tert-OH is 3. The van der Waals surface area contributed by atoms with E-state index in [-0.39, 0.29) is 31.6 Å². The molecule has 0 unspecified atom stereocenters. The van der Waals surface area contributed by atoms with Crippen molar-refractivity contribution in [3.8, 4) is 0 Å². The molecule has 0 spiro atoms. The summed E-state index contributed by atoms with van der Waals surface area (Å²) in [6.45, 7) is 1.96. The number of benzene rings is 1. The van der Waals surface area contributed by atoms with Crippen molar-refractivity contribution in [2.75, 3.05) is 24.3 Å². The number of thioether (sulfide) groups is 1. The Labute approximate surface area is 216 Å². The van der Waals surface area contributed by atoms with Gasteiger partial charge in [-0.2, -0.15) is 0 Å². The van der Waals surface area contributed by atoms with Gasteiger partial charge in [0.2, 0.25) is 0 Å². The highest BCUT2D eigenvalue weighted by molar-refractivity contribution is 7.99. The Kier molecular flexibility index (Phi) is 7.86.